The Hall–Kier alpha value is -3.49. The van der Waals surface area contributed by atoms with E-state index < -0.39 is 6.61 Å². The third-order valence-electron chi connectivity index (χ3n) is 5.57. The number of amides is 2. The molecule has 2 aromatic rings. The molecular weight excluding hydrogens is 444 g/mol. The fourth-order valence-corrected chi connectivity index (χ4v) is 3.61. The summed E-state index contributed by atoms with van der Waals surface area (Å²) < 4.78 is 35.5. The topological polar surface area (TPSA) is 80.2 Å². The highest BCUT2D eigenvalue weighted by Crippen LogP contribution is 2.33. The number of rotatable bonds is 9. The molecule has 0 radical (unpaired) electrons. The number of carbonyl (C=O) groups excluding carboxylic acids is 2. The van der Waals surface area contributed by atoms with Crippen molar-refractivity contribution in [3.63, 3.8) is 0 Å². The monoisotopic (exact) mass is 473 g/mol. The van der Waals surface area contributed by atoms with Crippen LogP contribution in [-0.4, -0.2) is 36.3 Å². The van der Waals surface area contributed by atoms with Gasteiger partial charge in [-0.2, -0.15) is 13.9 Å². The minimum absolute atomic E-state index is 0.0755. The summed E-state index contributed by atoms with van der Waals surface area (Å²) in [6, 6.07) is 11.9. The second kappa shape index (κ2) is 11.1. The zero-order valence-corrected chi connectivity index (χ0v) is 19.7. The first-order valence-corrected chi connectivity index (χ1v) is 11.1. The lowest BCUT2D eigenvalue weighted by Gasteiger charge is -2.29. The number of alkyl halides is 2. The van der Waals surface area contributed by atoms with Gasteiger partial charge in [-0.3, -0.25) is 9.59 Å². The first-order chi connectivity index (χ1) is 16.2. The Morgan fingerprint density at radius 2 is 1.88 bits per heavy atom. The van der Waals surface area contributed by atoms with E-state index in [1.165, 1.54) is 18.2 Å². The summed E-state index contributed by atoms with van der Waals surface area (Å²) in [6.07, 6.45) is 0.925. The molecule has 1 atom stereocenters. The van der Waals surface area contributed by atoms with Crippen LogP contribution in [0.25, 0.3) is 0 Å². The molecule has 1 aliphatic rings. The summed E-state index contributed by atoms with van der Waals surface area (Å²) in [4.78, 5) is 24.6. The molecule has 0 aliphatic carbocycles. The Balaban J connectivity index is 1.85. The number of hydrazone groups is 1. The minimum atomic E-state index is -2.99. The Morgan fingerprint density at radius 1 is 1.18 bits per heavy atom. The lowest BCUT2D eigenvalue weighted by molar-refractivity contribution is -0.133. The summed E-state index contributed by atoms with van der Waals surface area (Å²) in [5.41, 5.74) is 2.73. The van der Waals surface area contributed by atoms with Crippen molar-refractivity contribution in [2.24, 2.45) is 16.9 Å². The van der Waals surface area contributed by atoms with Crippen molar-refractivity contribution in [3.05, 3.63) is 53.6 Å². The summed E-state index contributed by atoms with van der Waals surface area (Å²) in [7, 11) is 1.38. The Kier molecular flexibility index (Phi) is 8.20. The van der Waals surface area contributed by atoms with Crippen LogP contribution in [0.15, 0.2) is 47.6 Å². The Bertz CT molecular complexity index is 1050. The number of methoxy groups -OCH3 is 1. The van der Waals surface area contributed by atoms with E-state index in [-0.39, 0.29) is 48.1 Å². The van der Waals surface area contributed by atoms with E-state index in [4.69, 9.17) is 4.74 Å². The highest BCUT2D eigenvalue weighted by atomic mass is 19.3. The van der Waals surface area contributed by atoms with Crippen LogP contribution < -0.4 is 14.8 Å². The predicted octanol–water partition coefficient (Wildman–Crippen LogP) is 5.05. The Labute approximate surface area is 197 Å². The average molecular weight is 474 g/mol. The molecule has 0 fully saturated rings. The van der Waals surface area contributed by atoms with Crippen LogP contribution in [-0.2, 0) is 16.1 Å². The smallest absolute Gasteiger partial charge is 0.387 e. The first-order valence-electron chi connectivity index (χ1n) is 11.1. The molecule has 0 bridgehead atoms. The van der Waals surface area contributed by atoms with Gasteiger partial charge in [0, 0.05) is 29.5 Å². The number of ether oxygens (including phenoxy) is 2. The molecule has 1 heterocycles. The van der Waals surface area contributed by atoms with Crippen LogP contribution in [0.2, 0.25) is 0 Å². The van der Waals surface area contributed by atoms with Crippen LogP contribution in [0.5, 0.6) is 11.5 Å². The number of nitrogens with zero attached hydrogens (tertiary/aromatic N) is 2. The predicted molar refractivity (Wildman–Crippen MR) is 125 cm³/mol. The SMILES string of the molecule is CCC1CC(=O)N(Cc2ccc(NC(=O)C(C)C)cc2)N=C1c1ccc(OC)c(OC(F)F)c1. The van der Waals surface area contributed by atoms with Crippen molar-refractivity contribution in [1.29, 1.82) is 0 Å². The number of hydrogen-bond acceptors (Lipinski definition) is 5. The largest absolute Gasteiger partial charge is 0.493 e. The molecule has 2 amide bonds. The van der Waals surface area contributed by atoms with Crippen molar-refractivity contribution in [2.45, 2.75) is 46.8 Å². The standard InChI is InChI=1S/C25H29F2N3O4/c1-5-17-13-22(31)30(14-16-6-9-19(10-7-16)28-24(32)15(2)3)29-23(17)18-8-11-20(33-4)21(12-18)34-25(26)27/h6-12,15,17,25H,5,13-14H2,1-4H3,(H,28,32). The van der Waals surface area contributed by atoms with Gasteiger partial charge in [-0.05, 0) is 42.3 Å². The van der Waals surface area contributed by atoms with Gasteiger partial charge in [-0.15, -0.1) is 0 Å². The number of carbonyl (C=O) groups is 2. The molecular formula is C25H29F2N3O4. The van der Waals surface area contributed by atoms with E-state index in [2.05, 4.69) is 15.2 Å². The number of halogens is 2. The molecule has 34 heavy (non-hydrogen) atoms. The molecule has 0 aromatic heterocycles. The van der Waals surface area contributed by atoms with Gasteiger partial charge in [0.25, 0.3) is 0 Å². The maximum absolute atomic E-state index is 12.9. The quantitative estimate of drug-likeness (QED) is 0.553. The van der Waals surface area contributed by atoms with Crippen LogP contribution in [0, 0.1) is 11.8 Å². The summed E-state index contributed by atoms with van der Waals surface area (Å²) in [6.45, 7) is 2.83. The van der Waals surface area contributed by atoms with E-state index in [0.717, 1.165) is 5.56 Å². The number of nitrogens with one attached hydrogen (secondary N) is 1. The molecule has 1 N–H and O–H groups in total. The van der Waals surface area contributed by atoms with E-state index in [0.29, 0.717) is 23.4 Å². The van der Waals surface area contributed by atoms with Crippen molar-refractivity contribution in [1.82, 2.24) is 5.01 Å². The molecule has 9 heteroatoms. The van der Waals surface area contributed by atoms with Gasteiger partial charge in [0.05, 0.1) is 19.4 Å². The van der Waals surface area contributed by atoms with Crippen molar-refractivity contribution >= 4 is 23.2 Å². The lowest BCUT2D eigenvalue weighted by atomic mass is 9.89. The molecule has 0 saturated heterocycles. The van der Waals surface area contributed by atoms with Crippen LogP contribution >= 0.6 is 0 Å². The second-order valence-electron chi connectivity index (χ2n) is 8.33. The maximum Gasteiger partial charge on any atom is 0.387 e. The summed E-state index contributed by atoms with van der Waals surface area (Å²) in [5, 5.41) is 8.82. The molecule has 7 nitrogen and oxygen atoms in total. The number of benzene rings is 2. The average Bonchev–Trinajstić information content (AvgIpc) is 2.80. The van der Waals surface area contributed by atoms with Crippen molar-refractivity contribution in [2.75, 3.05) is 12.4 Å². The first kappa shape index (κ1) is 25.1. The normalized spacial score (nSPS) is 16.0. The van der Waals surface area contributed by atoms with Gasteiger partial charge in [0.1, 0.15) is 0 Å². The fourth-order valence-electron chi connectivity index (χ4n) is 3.61. The van der Waals surface area contributed by atoms with E-state index in [1.807, 2.05) is 32.9 Å². The van der Waals surface area contributed by atoms with Crippen LogP contribution in [0.4, 0.5) is 14.5 Å². The van der Waals surface area contributed by atoms with E-state index >= 15 is 0 Å². The van der Waals surface area contributed by atoms with Crippen LogP contribution in [0.1, 0.15) is 44.7 Å². The summed E-state index contributed by atoms with van der Waals surface area (Å²) >= 11 is 0. The highest BCUT2D eigenvalue weighted by Gasteiger charge is 2.30. The molecule has 3 rings (SSSR count). The van der Waals surface area contributed by atoms with Crippen LogP contribution in [0.3, 0.4) is 0 Å². The van der Waals surface area contributed by atoms with Gasteiger partial charge in [-0.25, -0.2) is 5.01 Å². The van der Waals surface area contributed by atoms with E-state index in [1.54, 1.807) is 24.3 Å². The van der Waals surface area contributed by atoms with Gasteiger partial charge < -0.3 is 14.8 Å². The number of hydrogen-bond donors (Lipinski definition) is 1. The molecule has 2 aromatic carbocycles. The van der Waals surface area contributed by atoms with Crippen molar-refractivity contribution in [3.8, 4) is 11.5 Å². The second-order valence-corrected chi connectivity index (χ2v) is 8.33. The zero-order chi connectivity index (χ0) is 24.8. The molecule has 182 valence electrons. The molecule has 1 unspecified atom stereocenters. The molecule has 1 aliphatic heterocycles. The molecule has 0 spiro atoms. The lowest BCUT2D eigenvalue weighted by Crippen LogP contribution is -2.36. The van der Waals surface area contributed by atoms with Crippen molar-refractivity contribution < 1.29 is 27.8 Å². The van der Waals surface area contributed by atoms with Gasteiger partial charge in [0.15, 0.2) is 11.5 Å². The third kappa shape index (κ3) is 6.09. The third-order valence-corrected chi connectivity index (χ3v) is 5.57. The summed E-state index contributed by atoms with van der Waals surface area (Å²) in [5.74, 6) is -0.375. The van der Waals surface area contributed by atoms with Gasteiger partial charge in [0.2, 0.25) is 11.8 Å². The molecule has 0 saturated carbocycles. The number of anilines is 1. The highest BCUT2D eigenvalue weighted by molar-refractivity contribution is 6.06. The van der Waals surface area contributed by atoms with Gasteiger partial charge in [-0.1, -0.05) is 32.9 Å². The van der Waals surface area contributed by atoms with E-state index in [9.17, 15) is 18.4 Å². The minimum Gasteiger partial charge on any atom is -0.493 e. The van der Waals surface area contributed by atoms with Gasteiger partial charge >= 0.3 is 6.61 Å². The maximum atomic E-state index is 12.9. The fraction of sp³-hybridized carbons (Fsp3) is 0.400. The zero-order valence-electron chi connectivity index (χ0n) is 19.7. The Morgan fingerprint density at radius 3 is 2.47 bits per heavy atom.